The van der Waals surface area contributed by atoms with E-state index in [0.29, 0.717) is 24.1 Å². The summed E-state index contributed by atoms with van der Waals surface area (Å²) in [5.41, 5.74) is 1.08. The number of carbonyl (C=O) groups excluding carboxylic acids is 1. The van der Waals surface area contributed by atoms with Crippen LogP contribution in [0, 0.1) is 5.82 Å². The van der Waals surface area contributed by atoms with Gasteiger partial charge in [-0.25, -0.2) is 17.6 Å². The van der Waals surface area contributed by atoms with E-state index in [1.165, 1.54) is 24.3 Å². The number of anilines is 1. The highest BCUT2D eigenvalue weighted by atomic mass is 32.2. The largest absolute Gasteiger partial charge is 0.478 e. The minimum Gasteiger partial charge on any atom is -0.478 e. The molecule has 2 aromatic carbocycles. The Hall–Kier alpha value is -3.04. The number of rotatable bonds is 6. The Balaban J connectivity index is 1.75. The van der Waals surface area contributed by atoms with Gasteiger partial charge in [-0.05, 0) is 48.7 Å². The van der Waals surface area contributed by atoms with E-state index in [9.17, 15) is 22.4 Å². The van der Waals surface area contributed by atoms with E-state index >= 15 is 0 Å². The third-order valence-corrected chi connectivity index (χ3v) is 6.47. The molecule has 3 rings (SSSR count). The lowest BCUT2D eigenvalue weighted by Gasteiger charge is -2.23. The maximum Gasteiger partial charge on any atom is 0.328 e. The fourth-order valence-electron chi connectivity index (χ4n) is 3.14. The molecule has 1 aliphatic heterocycles. The van der Waals surface area contributed by atoms with E-state index in [0.717, 1.165) is 16.4 Å². The summed E-state index contributed by atoms with van der Waals surface area (Å²) in [7, 11) is -4.15. The zero-order valence-corrected chi connectivity index (χ0v) is 16.1. The smallest absolute Gasteiger partial charge is 0.328 e. The number of amides is 1. The lowest BCUT2D eigenvalue weighted by atomic mass is 10.1. The third-order valence-electron chi connectivity index (χ3n) is 4.53. The molecule has 1 saturated heterocycles. The summed E-state index contributed by atoms with van der Waals surface area (Å²) >= 11 is 0. The molecule has 0 aliphatic carbocycles. The lowest BCUT2D eigenvalue weighted by molar-refractivity contribution is -0.131. The van der Waals surface area contributed by atoms with Crippen molar-refractivity contribution in [3.8, 4) is 0 Å². The highest BCUT2D eigenvalue weighted by Crippen LogP contribution is 2.28. The first-order chi connectivity index (χ1) is 13.8. The van der Waals surface area contributed by atoms with Gasteiger partial charge >= 0.3 is 5.97 Å². The number of carboxylic acid groups (broad SMARTS) is 1. The predicted octanol–water partition coefficient (Wildman–Crippen LogP) is 2.72. The van der Waals surface area contributed by atoms with Gasteiger partial charge in [-0.2, -0.15) is 4.31 Å². The SMILES string of the molecule is O=C(O)/C=C/c1ccc(NC(=O)C2CCCN2S(=O)(=O)c2ccccc2F)cc1. The van der Waals surface area contributed by atoms with E-state index in [1.807, 2.05) is 0 Å². The van der Waals surface area contributed by atoms with Gasteiger partial charge in [0.15, 0.2) is 0 Å². The standard InChI is InChI=1S/C20H19FN2O5S/c21-16-4-1-2-6-18(16)29(27,28)23-13-3-5-17(23)20(26)22-15-10-7-14(8-11-15)9-12-19(24)25/h1-2,4,6-12,17H,3,5,13H2,(H,22,26)(H,24,25)/b12-9+. The second-order valence-corrected chi connectivity index (χ2v) is 8.35. The van der Waals surface area contributed by atoms with Crippen molar-refractivity contribution >= 4 is 33.7 Å². The second kappa shape index (κ2) is 8.54. The summed E-state index contributed by atoms with van der Waals surface area (Å²) in [4.78, 5) is 22.8. The molecule has 152 valence electrons. The predicted molar refractivity (Wildman–Crippen MR) is 105 cm³/mol. The number of nitrogens with one attached hydrogen (secondary N) is 1. The topological polar surface area (TPSA) is 104 Å². The second-order valence-electron chi connectivity index (χ2n) is 6.49. The normalized spacial score (nSPS) is 17.5. The van der Waals surface area contributed by atoms with Crippen LogP contribution in [0.1, 0.15) is 18.4 Å². The number of sulfonamides is 1. The van der Waals surface area contributed by atoms with Crippen LogP contribution in [0.3, 0.4) is 0 Å². The van der Waals surface area contributed by atoms with E-state index in [2.05, 4.69) is 5.32 Å². The Bertz CT molecular complexity index is 1050. The first-order valence-corrected chi connectivity index (χ1v) is 10.3. The van der Waals surface area contributed by atoms with Crippen LogP contribution in [0.5, 0.6) is 0 Å². The first-order valence-electron chi connectivity index (χ1n) is 8.87. The van der Waals surface area contributed by atoms with E-state index in [1.54, 1.807) is 24.3 Å². The van der Waals surface area contributed by atoms with Gasteiger partial charge in [-0.3, -0.25) is 4.79 Å². The Labute approximate surface area is 167 Å². The van der Waals surface area contributed by atoms with Gasteiger partial charge in [-0.15, -0.1) is 0 Å². The van der Waals surface area contributed by atoms with Crippen LogP contribution in [-0.2, 0) is 19.6 Å². The number of carboxylic acids is 1. The van der Waals surface area contributed by atoms with Gasteiger partial charge in [0, 0.05) is 18.3 Å². The minimum atomic E-state index is -4.15. The molecule has 2 aromatic rings. The van der Waals surface area contributed by atoms with Crippen molar-refractivity contribution in [3.63, 3.8) is 0 Å². The van der Waals surface area contributed by atoms with Crippen LogP contribution in [0.2, 0.25) is 0 Å². The van der Waals surface area contributed by atoms with Crippen LogP contribution in [0.15, 0.2) is 59.5 Å². The van der Waals surface area contributed by atoms with Gasteiger partial charge in [-0.1, -0.05) is 24.3 Å². The van der Waals surface area contributed by atoms with E-state index < -0.39 is 38.7 Å². The lowest BCUT2D eigenvalue weighted by Crippen LogP contribution is -2.43. The molecule has 0 spiro atoms. The number of carbonyl (C=O) groups is 2. The molecule has 1 amide bonds. The first kappa shape index (κ1) is 20.7. The van der Waals surface area contributed by atoms with E-state index in [-0.39, 0.29) is 6.54 Å². The quantitative estimate of drug-likeness (QED) is 0.702. The summed E-state index contributed by atoms with van der Waals surface area (Å²) in [6.07, 6.45) is 3.23. The van der Waals surface area contributed by atoms with Crippen molar-refractivity contribution in [1.29, 1.82) is 0 Å². The number of halogens is 1. The molecule has 0 radical (unpaired) electrons. The minimum absolute atomic E-state index is 0.133. The molecule has 9 heteroatoms. The van der Waals surface area contributed by atoms with Crippen molar-refractivity contribution in [2.24, 2.45) is 0 Å². The summed E-state index contributed by atoms with van der Waals surface area (Å²) < 4.78 is 40.7. The fraction of sp³-hybridized carbons (Fsp3) is 0.200. The van der Waals surface area contributed by atoms with Crippen molar-refractivity contribution in [2.45, 2.75) is 23.8 Å². The molecule has 0 aromatic heterocycles. The van der Waals surface area contributed by atoms with Crippen LogP contribution in [0.4, 0.5) is 10.1 Å². The monoisotopic (exact) mass is 418 g/mol. The molecule has 1 aliphatic rings. The molecule has 1 atom stereocenters. The summed E-state index contributed by atoms with van der Waals surface area (Å²) in [6.45, 7) is 0.133. The van der Waals surface area contributed by atoms with Gasteiger partial charge < -0.3 is 10.4 Å². The molecule has 0 saturated carbocycles. The molecular formula is C20H19FN2O5S. The third kappa shape index (κ3) is 4.69. The number of nitrogens with zero attached hydrogens (tertiary/aromatic N) is 1. The Morgan fingerprint density at radius 3 is 2.48 bits per heavy atom. The highest BCUT2D eigenvalue weighted by molar-refractivity contribution is 7.89. The van der Waals surface area contributed by atoms with Gasteiger partial charge in [0.2, 0.25) is 15.9 Å². The van der Waals surface area contributed by atoms with Gasteiger partial charge in [0.05, 0.1) is 0 Å². The van der Waals surface area contributed by atoms with Crippen LogP contribution < -0.4 is 5.32 Å². The van der Waals surface area contributed by atoms with Crippen molar-refractivity contribution in [2.75, 3.05) is 11.9 Å². The van der Waals surface area contributed by atoms with E-state index in [4.69, 9.17) is 5.11 Å². The van der Waals surface area contributed by atoms with Crippen LogP contribution in [-0.4, -0.2) is 42.3 Å². The summed E-state index contributed by atoms with van der Waals surface area (Å²) in [5.74, 6) is -2.43. The average molecular weight is 418 g/mol. The summed E-state index contributed by atoms with van der Waals surface area (Å²) in [5, 5.41) is 11.3. The Morgan fingerprint density at radius 2 is 1.83 bits per heavy atom. The fourth-order valence-corrected chi connectivity index (χ4v) is 4.86. The van der Waals surface area contributed by atoms with Crippen LogP contribution >= 0.6 is 0 Å². The maximum atomic E-state index is 14.0. The highest BCUT2D eigenvalue weighted by Gasteiger charge is 2.40. The summed E-state index contributed by atoms with van der Waals surface area (Å²) in [6, 6.07) is 10.6. The van der Waals surface area contributed by atoms with Crippen molar-refractivity contribution < 1.29 is 27.5 Å². The van der Waals surface area contributed by atoms with Gasteiger partial charge in [0.1, 0.15) is 16.8 Å². The molecule has 0 bridgehead atoms. The number of hydrogen-bond donors (Lipinski definition) is 2. The zero-order chi connectivity index (χ0) is 21.0. The molecule has 1 heterocycles. The van der Waals surface area contributed by atoms with Crippen LogP contribution in [0.25, 0.3) is 6.08 Å². The zero-order valence-electron chi connectivity index (χ0n) is 15.3. The molecule has 2 N–H and O–H groups in total. The molecule has 1 fully saturated rings. The maximum absolute atomic E-state index is 14.0. The number of hydrogen-bond acceptors (Lipinski definition) is 4. The number of aliphatic carboxylic acids is 1. The molecule has 29 heavy (non-hydrogen) atoms. The average Bonchev–Trinajstić information content (AvgIpc) is 3.18. The molecule has 1 unspecified atom stereocenters. The Kier molecular flexibility index (Phi) is 6.09. The van der Waals surface area contributed by atoms with Gasteiger partial charge in [0.25, 0.3) is 0 Å². The van der Waals surface area contributed by atoms with Crippen molar-refractivity contribution in [3.05, 3.63) is 66.0 Å². The number of benzene rings is 2. The molecular weight excluding hydrogens is 399 g/mol. The molecule has 7 nitrogen and oxygen atoms in total. The Morgan fingerprint density at radius 1 is 1.14 bits per heavy atom. The van der Waals surface area contributed by atoms with Crippen molar-refractivity contribution in [1.82, 2.24) is 4.31 Å².